The third kappa shape index (κ3) is 4.52. The molecule has 2 heterocycles. The highest BCUT2D eigenvalue weighted by atomic mass is 32.2. The zero-order valence-corrected chi connectivity index (χ0v) is 17.0. The highest BCUT2D eigenvalue weighted by Crippen LogP contribution is 2.29. The zero-order chi connectivity index (χ0) is 22.5. The molecule has 2 aromatic heterocycles. The molecule has 4 N–H and O–H groups in total. The van der Waals surface area contributed by atoms with Crippen molar-refractivity contribution < 1.29 is 26.7 Å². The lowest BCUT2D eigenvalue weighted by Gasteiger charge is -2.18. The Kier molecular flexibility index (Phi) is 5.25. The molecule has 0 saturated carbocycles. The Morgan fingerprint density at radius 1 is 1.20 bits per heavy atom. The second kappa shape index (κ2) is 7.18. The van der Waals surface area contributed by atoms with Gasteiger partial charge in [0.05, 0.1) is 16.2 Å². The first-order valence-electron chi connectivity index (χ1n) is 8.60. The third-order valence-electron chi connectivity index (χ3n) is 4.10. The van der Waals surface area contributed by atoms with E-state index < -0.39 is 33.6 Å². The number of alkyl halides is 3. The summed E-state index contributed by atoms with van der Waals surface area (Å²) in [6.07, 6.45) is -3.47. The average molecular weight is 444 g/mol. The maximum absolute atomic E-state index is 12.9. The second-order valence-corrected chi connectivity index (χ2v) is 9.08. The molecule has 0 amide bonds. The molecule has 0 aliphatic carbocycles. The lowest BCUT2D eigenvalue weighted by Crippen LogP contribution is -2.38. The standard InChI is InChI=1S/C17H19F3N6O3S/c1-9-4-5-10(30(28,29)22-8-16(2,3)27)6-11(9)12-7-26-14(21)24-13(17(18,19)20)25-15(26)23-12/h4-7,22,27H,8H2,1-3H3,(H2,21,23,24,25). The monoisotopic (exact) mass is 444 g/mol. The molecular weight excluding hydrogens is 425 g/mol. The number of aliphatic hydroxyl groups is 1. The van der Waals surface area contributed by atoms with Gasteiger partial charge in [-0.2, -0.15) is 23.1 Å². The van der Waals surface area contributed by atoms with Gasteiger partial charge in [0, 0.05) is 18.3 Å². The molecule has 0 atom stereocenters. The van der Waals surface area contributed by atoms with Crippen molar-refractivity contribution in [1.29, 1.82) is 0 Å². The minimum absolute atomic E-state index is 0.0977. The van der Waals surface area contributed by atoms with E-state index >= 15 is 0 Å². The van der Waals surface area contributed by atoms with E-state index in [4.69, 9.17) is 5.73 Å². The fraction of sp³-hybridized carbons (Fsp3) is 0.353. The average Bonchev–Trinajstić information content (AvgIpc) is 3.03. The number of halogens is 3. The van der Waals surface area contributed by atoms with Crippen molar-refractivity contribution in [3.8, 4) is 11.3 Å². The molecule has 1 aromatic carbocycles. The summed E-state index contributed by atoms with van der Waals surface area (Å²) < 4.78 is 67.2. The lowest BCUT2D eigenvalue weighted by atomic mass is 10.1. The van der Waals surface area contributed by atoms with Gasteiger partial charge >= 0.3 is 6.18 Å². The molecule has 3 aromatic rings. The van der Waals surface area contributed by atoms with Crippen LogP contribution >= 0.6 is 0 Å². The van der Waals surface area contributed by atoms with Crippen molar-refractivity contribution in [3.63, 3.8) is 0 Å². The topological polar surface area (TPSA) is 136 Å². The number of benzene rings is 1. The Balaban J connectivity index is 2.07. The number of nitrogens with zero attached hydrogens (tertiary/aromatic N) is 4. The summed E-state index contributed by atoms with van der Waals surface area (Å²) in [5.41, 5.74) is 5.51. The van der Waals surface area contributed by atoms with Gasteiger partial charge in [-0.3, -0.25) is 4.40 Å². The molecule has 0 fully saturated rings. The quantitative estimate of drug-likeness (QED) is 0.545. The number of imidazole rings is 1. The van der Waals surface area contributed by atoms with E-state index in [9.17, 15) is 26.7 Å². The molecule has 0 aliphatic rings. The van der Waals surface area contributed by atoms with Crippen molar-refractivity contribution in [3.05, 3.63) is 35.8 Å². The Labute approximate surface area is 169 Å². The van der Waals surface area contributed by atoms with E-state index in [1.54, 1.807) is 6.92 Å². The number of hydrogen-bond donors (Lipinski definition) is 3. The number of rotatable bonds is 5. The molecule has 9 nitrogen and oxygen atoms in total. The summed E-state index contributed by atoms with van der Waals surface area (Å²) in [6, 6.07) is 4.24. The number of nitrogens with one attached hydrogen (secondary N) is 1. The molecule has 0 aliphatic heterocycles. The Morgan fingerprint density at radius 3 is 2.47 bits per heavy atom. The molecular formula is C17H19F3N6O3S. The van der Waals surface area contributed by atoms with Crippen LogP contribution in [0, 0.1) is 6.92 Å². The smallest absolute Gasteiger partial charge is 0.389 e. The van der Waals surface area contributed by atoms with Crippen molar-refractivity contribution >= 4 is 21.7 Å². The van der Waals surface area contributed by atoms with Crippen LogP contribution in [0.25, 0.3) is 17.0 Å². The van der Waals surface area contributed by atoms with E-state index in [0.717, 1.165) is 4.40 Å². The Hall–Kier alpha value is -2.77. The maximum atomic E-state index is 12.9. The van der Waals surface area contributed by atoms with Crippen LogP contribution in [-0.4, -0.2) is 45.0 Å². The van der Waals surface area contributed by atoms with Gasteiger partial charge in [-0.15, -0.1) is 0 Å². The van der Waals surface area contributed by atoms with Gasteiger partial charge in [0.25, 0.3) is 0 Å². The number of anilines is 1. The molecule has 30 heavy (non-hydrogen) atoms. The Bertz CT molecular complexity index is 1220. The predicted octanol–water partition coefficient (Wildman–Crippen LogP) is 1.75. The van der Waals surface area contributed by atoms with E-state index in [1.165, 1.54) is 38.2 Å². The molecule has 162 valence electrons. The minimum atomic E-state index is -4.79. The van der Waals surface area contributed by atoms with Crippen molar-refractivity contribution in [2.45, 2.75) is 37.4 Å². The summed E-state index contributed by atoms with van der Waals surface area (Å²) in [7, 11) is -3.95. The summed E-state index contributed by atoms with van der Waals surface area (Å²) in [4.78, 5) is 10.6. The van der Waals surface area contributed by atoms with Gasteiger partial charge in [-0.1, -0.05) is 6.07 Å². The Morgan fingerprint density at radius 2 is 1.87 bits per heavy atom. The molecule has 0 unspecified atom stereocenters. The van der Waals surface area contributed by atoms with Crippen molar-refractivity contribution in [1.82, 2.24) is 24.1 Å². The van der Waals surface area contributed by atoms with Crippen LogP contribution < -0.4 is 10.5 Å². The van der Waals surface area contributed by atoms with Crippen LogP contribution in [-0.2, 0) is 16.2 Å². The number of nitrogens with two attached hydrogens (primary N) is 1. The largest absolute Gasteiger partial charge is 0.451 e. The van der Waals surface area contributed by atoms with Gasteiger partial charge in [-0.25, -0.2) is 18.1 Å². The molecule has 3 rings (SSSR count). The maximum Gasteiger partial charge on any atom is 0.451 e. The number of fused-ring (bicyclic) bond motifs is 1. The normalized spacial score (nSPS) is 13.2. The van der Waals surface area contributed by atoms with Crippen LogP contribution in [0.3, 0.4) is 0 Å². The highest BCUT2D eigenvalue weighted by molar-refractivity contribution is 7.89. The molecule has 13 heteroatoms. The number of aromatic nitrogens is 4. The third-order valence-corrected chi connectivity index (χ3v) is 5.50. The fourth-order valence-corrected chi connectivity index (χ4v) is 3.79. The number of nitrogen functional groups attached to an aromatic ring is 1. The van der Waals surface area contributed by atoms with Gasteiger partial charge in [0.1, 0.15) is 0 Å². The molecule has 0 bridgehead atoms. The first-order valence-corrected chi connectivity index (χ1v) is 10.1. The first-order chi connectivity index (χ1) is 13.7. The fourth-order valence-electron chi connectivity index (χ4n) is 2.56. The van der Waals surface area contributed by atoms with Crippen molar-refractivity contribution in [2.75, 3.05) is 12.3 Å². The van der Waals surface area contributed by atoms with Crippen molar-refractivity contribution in [2.24, 2.45) is 0 Å². The number of hydrogen-bond acceptors (Lipinski definition) is 7. The number of sulfonamides is 1. The van der Waals surface area contributed by atoms with Gasteiger partial charge < -0.3 is 10.8 Å². The van der Waals surface area contributed by atoms with E-state index in [1.807, 2.05) is 0 Å². The molecule has 0 saturated heterocycles. The summed E-state index contributed by atoms with van der Waals surface area (Å²) in [5.74, 6) is -2.20. The first kappa shape index (κ1) is 21.9. The summed E-state index contributed by atoms with van der Waals surface area (Å²) in [6.45, 7) is 4.39. The van der Waals surface area contributed by atoms with E-state index in [-0.39, 0.29) is 22.9 Å². The SMILES string of the molecule is Cc1ccc(S(=O)(=O)NCC(C)(C)O)cc1-c1cn2c(N)nc(C(F)(F)F)nc2n1. The van der Waals surface area contributed by atoms with Crippen LogP contribution in [0.1, 0.15) is 25.2 Å². The summed E-state index contributed by atoms with van der Waals surface area (Å²) in [5, 5.41) is 9.75. The zero-order valence-electron chi connectivity index (χ0n) is 16.2. The van der Waals surface area contributed by atoms with E-state index in [2.05, 4.69) is 19.7 Å². The lowest BCUT2D eigenvalue weighted by molar-refractivity contribution is -0.144. The minimum Gasteiger partial charge on any atom is -0.389 e. The molecule has 0 radical (unpaired) electrons. The van der Waals surface area contributed by atoms with Gasteiger partial charge in [0.2, 0.25) is 27.6 Å². The van der Waals surface area contributed by atoms with Crippen LogP contribution in [0.4, 0.5) is 19.1 Å². The predicted molar refractivity (Wildman–Crippen MR) is 102 cm³/mol. The van der Waals surface area contributed by atoms with Crippen LogP contribution in [0.2, 0.25) is 0 Å². The van der Waals surface area contributed by atoms with Gasteiger partial charge in [0.15, 0.2) is 0 Å². The molecule has 0 spiro atoms. The highest BCUT2D eigenvalue weighted by Gasteiger charge is 2.36. The van der Waals surface area contributed by atoms with Gasteiger partial charge in [-0.05, 0) is 38.5 Å². The second-order valence-electron chi connectivity index (χ2n) is 7.31. The van der Waals surface area contributed by atoms with E-state index in [0.29, 0.717) is 11.1 Å². The van der Waals surface area contributed by atoms with Crippen LogP contribution in [0.15, 0.2) is 29.3 Å². The summed E-state index contributed by atoms with van der Waals surface area (Å²) >= 11 is 0. The van der Waals surface area contributed by atoms with Crippen LogP contribution in [0.5, 0.6) is 0 Å². The number of aryl methyl sites for hydroxylation is 1.